The summed E-state index contributed by atoms with van der Waals surface area (Å²) in [6.45, 7) is 17.5. The van der Waals surface area contributed by atoms with Gasteiger partial charge in [0, 0.05) is 24.7 Å². The smallest absolute Gasteiger partial charge is 0.0210 e. The van der Waals surface area contributed by atoms with Crippen LogP contribution in [0.3, 0.4) is 0 Å². The molecule has 0 atom stereocenters. The molecule has 0 saturated heterocycles. The van der Waals surface area contributed by atoms with E-state index in [1.807, 2.05) is 0 Å². The first kappa shape index (κ1) is 19.2. The fraction of sp³-hybridized carbons (Fsp3) is 0.700. The first-order valence-electron chi connectivity index (χ1n) is 8.76. The Morgan fingerprint density at radius 3 is 1.91 bits per heavy atom. The van der Waals surface area contributed by atoms with E-state index in [0.29, 0.717) is 6.04 Å². The molecule has 0 unspecified atom stereocenters. The Kier molecular flexibility index (Phi) is 7.58. The summed E-state index contributed by atoms with van der Waals surface area (Å²) < 4.78 is 0. The molecule has 1 aromatic carbocycles. The zero-order chi connectivity index (χ0) is 16.8. The Morgan fingerprint density at radius 2 is 1.41 bits per heavy atom. The van der Waals surface area contributed by atoms with E-state index in [1.165, 1.54) is 29.5 Å². The second kappa shape index (κ2) is 8.69. The van der Waals surface area contributed by atoms with Gasteiger partial charge in [0.15, 0.2) is 0 Å². The van der Waals surface area contributed by atoms with Gasteiger partial charge in [-0.1, -0.05) is 45.9 Å². The van der Waals surface area contributed by atoms with Crippen molar-refractivity contribution in [2.75, 3.05) is 0 Å². The average Bonchev–Trinajstić information content (AvgIpc) is 2.40. The second-order valence-electron chi connectivity index (χ2n) is 8.23. The van der Waals surface area contributed by atoms with Crippen LogP contribution in [0.25, 0.3) is 0 Å². The minimum atomic E-state index is 0.157. The van der Waals surface area contributed by atoms with Crippen molar-refractivity contribution in [1.29, 1.82) is 0 Å². The first-order chi connectivity index (χ1) is 10.2. The number of rotatable bonds is 8. The lowest BCUT2D eigenvalue weighted by Crippen LogP contribution is -2.35. The fourth-order valence-corrected chi connectivity index (χ4v) is 2.33. The summed E-state index contributed by atoms with van der Waals surface area (Å²) in [6.07, 6.45) is 2.43. The van der Waals surface area contributed by atoms with Crippen LogP contribution < -0.4 is 10.6 Å². The molecule has 2 heteroatoms. The molecule has 0 aliphatic carbocycles. The van der Waals surface area contributed by atoms with E-state index in [9.17, 15) is 0 Å². The zero-order valence-electron chi connectivity index (χ0n) is 15.7. The van der Waals surface area contributed by atoms with Crippen LogP contribution in [0.4, 0.5) is 0 Å². The van der Waals surface area contributed by atoms with E-state index in [4.69, 9.17) is 0 Å². The maximum Gasteiger partial charge on any atom is 0.0210 e. The maximum atomic E-state index is 3.60. The van der Waals surface area contributed by atoms with Gasteiger partial charge < -0.3 is 10.6 Å². The Hall–Kier alpha value is -0.860. The van der Waals surface area contributed by atoms with Crippen LogP contribution in [0.5, 0.6) is 0 Å². The predicted molar refractivity (Wildman–Crippen MR) is 98.2 cm³/mol. The highest BCUT2D eigenvalue weighted by atomic mass is 14.9. The van der Waals surface area contributed by atoms with Crippen molar-refractivity contribution in [2.24, 2.45) is 5.92 Å². The third-order valence-electron chi connectivity index (χ3n) is 3.66. The van der Waals surface area contributed by atoms with Crippen molar-refractivity contribution in [1.82, 2.24) is 10.6 Å². The van der Waals surface area contributed by atoms with Crippen LogP contribution in [0.2, 0.25) is 0 Å². The SMILES string of the molecule is CC(C)CCc1cc(CNC(C)C)cc(CNC(C)(C)C)c1. The van der Waals surface area contributed by atoms with E-state index in [-0.39, 0.29) is 5.54 Å². The van der Waals surface area contributed by atoms with Crippen LogP contribution in [0.1, 0.15) is 71.6 Å². The van der Waals surface area contributed by atoms with Crippen molar-refractivity contribution >= 4 is 0 Å². The molecular weight excluding hydrogens is 268 g/mol. The summed E-state index contributed by atoms with van der Waals surface area (Å²) in [7, 11) is 0. The molecule has 0 fully saturated rings. The van der Waals surface area contributed by atoms with Crippen LogP contribution in [-0.2, 0) is 19.5 Å². The topological polar surface area (TPSA) is 24.1 Å². The van der Waals surface area contributed by atoms with Crippen molar-refractivity contribution < 1.29 is 0 Å². The number of benzene rings is 1. The molecule has 2 N–H and O–H groups in total. The van der Waals surface area contributed by atoms with Crippen molar-refractivity contribution in [3.8, 4) is 0 Å². The number of hydrogen-bond acceptors (Lipinski definition) is 2. The highest BCUT2D eigenvalue weighted by Gasteiger charge is 2.10. The monoisotopic (exact) mass is 304 g/mol. The van der Waals surface area contributed by atoms with E-state index >= 15 is 0 Å². The average molecular weight is 305 g/mol. The molecular formula is C20H36N2. The molecule has 1 rings (SSSR count). The zero-order valence-corrected chi connectivity index (χ0v) is 15.7. The summed E-state index contributed by atoms with van der Waals surface area (Å²) in [6, 6.07) is 7.61. The van der Waals surface area contributed by atoms with Gasteiger partial charge >= 0.3 is 0 Å². The van der Waals surface area contributed by atoms with Gasteiger partial charge in [-0.05, 0) is 56.2 Å². The molecule has 22 heavy (non-hydrogen) atoms. The molecule has 126 valence electrons. The van der Waals surface area contributed by atoms with Crippen molar-refractivity contribution in [2.45, 2.75) is 86.0 Å². The predicted octanol–water partition coefficient (Wildman–Crippen LogP) is 4.66. The van der Waals surface area contributed by atoms with E-state index in [1.54, 1.807) is 0 Å². The van der Waals surface area contributed by atoms with Gasteiger partial charge in [0.1, 0.15) is 0 Å². The summed E-state index contributed by atoms with van der Waals surface area (Å²) in [5, 5.41) is 7.13. The van der Waals surface area contributed by atoms with E-state index in [0.717, 1.165) is 19.0 Å². The molecule has 0 spiro atoms. The Labute approximate surface area is 138 Å². The van der Waals surface area contributed by atoms with Crippen LogP contribution >= 0.6 is 0 Å². The molecule has 0 saturated carbocycles. The Bertz CT molecular complexity index is 411. The highest BCUT2D eigenvalue weighted by molar-refractivity contribution is 5.30. The van der Waals surface area contributed by atoms with Gasteiger partial charge in [-0.2, -0.15) is 0 Å². The minimum absolute atomic E-state index is 0.157. The summed E-state index contributed by atoms with van der Waals surface area (Å²) >= 11 is 0. The molecule has 0 amide bonds. The third kappa shape index (κ3) is 8.55. The number of hydrogen-bond donors (Lipinski definition) is 2. The summed E-state index contributed by atoms with van der Waals surface area (Å²) in [5.74, 6) is 0.758. The van der Waals surface area contributed by atoms with Crippen LogP contribution in [0, 0.1) is 5.92 Å². The molecule has 0 aliphatic rings. The molecule has 0 heterocycles. The fourth-order valence-electron chi connectivity index (χ4n) is 2.33. The van der Waals surface area contributed by atoms with Gasteiger partial charge in [-0.3, -0.25) is 0 Å². The van der Waals surface area contributed by atoms with Crippen molar-refractivity contribution in [3.63, 3.8) is 0 Å². The largest absolute Gasteiger partial charge is 0.310 e. The summed E-state index contributed by atoms with van der Waals surface area (Å²) in [4.78, 5) is 0. The van der Waals surface area contributed by atoms with Crippen molar-refractivity contribution in [3.05, 3.63) is 34.9 Å². The van der Waals surface area contributed by atoms with E-state index in [2.05, 4.69) is 77.3 Å². The van der Waals surface area contributed by atoms with Crippen LogP contribution in [-0.4, -0.2) is 11.6 Å². The van der Waals surface area contributed by atoms with Gasteiger partial charge in [0.25, 0.3) is 0 Å². The third-order valence-corrected chi connectivity index (χ3v) is 3.66. The van der Waals surface area contributed by atoms with E-state index < -0.39 is 0 Å². The summed E-state index contributed by atoms with van der Waals surface area (Å²) in [5.41, 5.74) is 4.43. The highest BCUT2D eigenvalue weighted by Crippen LogP contribution is 2.16. The molecule has 2 nitrogen and oxygen atoms in total. The molecule has 0 aromatic heterocycles. The second-order valence-corrected chi connectivity index (χ2v) is 8.23. The standard InChI is InChI=1S/C20H36N2/c1-15(2)8-9-17-10-18(13-21-16(3)4)12-19(11-17)14-22-20(5,6)7/h10-12,15-16,21-22H,8-9,13-14H2,1-7H3. The molecule has 0 bridgehead atoms. The number of aryl methyl sites for hydroxylation is 1. The maximum absolute atomic E-state index is 3.60. The Balaban J connectivity index is 2.83. The lowest BCUT2D eigenvalue weighted by Gasteiger charge is -2.21. The quantitative estimate of drug-likeness (QED) is 0.730. The number of nitrogens with one attached hydrogen (secondary N) is 2. The molecule has 0 radical (unpaired) electrons. The molecule has 1 aromatic rings. The Morgan fingerprint density at radius 1 is 0.864 bits per heavy atom. The van der Waals surface area contributed by atoms with Crippen LogP contribution in [0.15, 0.2) is 18.2 Å². The minimum Gasteiger partial charge on any atom is -0.310 e. The van der Waals surface area contributed by atoms with Gasteiger partial charge in [-0.15, -0.1) is 0 Å². The van der Waals surface area contributed by atoms with Gasteiger partial charge in [-0.25, -0.2) is 0 Å². The first-order valence-corrected chi connectivity index (χ1v) is 8.76. The lowest BCUT2D eigenvalue weighted by atomic mass is 9.98. The molecule has 0 aliphatic heterocycles. The van der Waals surface area contributed by atoms with Gasteiger partial charge in [0.2, 0.25) is 0 Å². The normalized spacial score (nSPS) is 12.4. The van der Waals surface area contributed by atoms with Gasteiger partial charge in [0.05, 0.1) is 0 Å². The lowest BCUT2D eigenvalue weighted by molar-refractivity contribution is 0.424.